The van der Waals surface area contributed by atoms with Crippen LogP contribution < -0.4 is 4.90 Å². The zero-order valence-corrected chi connectivity index (χ0v) is 30.3. The third kappa shape index (κ3) is 6.02. The molecule has 0 aliphatic carbocycles. The van der Waals surface area contributed by atoms with E-state index in [4.69, 9.17) is 0 Å². The molecule has 1 nitrogen and oxygen atoms in total. The first-order valence-electron chi connectivity index (χ1n) is 18.9. The molecule has 258 valence electrons. The zero-order chi connectivity index (χ0) is 36.6. The van der Waals surface area contributed by atoms with Crippen molar-refractivity contribution in [1.82, 2.24) is 0 Å². The quantitative estimate of drug-likeness (QED) is 0.150. The molecule has 0 fully saturated rings. The van der Waals surface area contributed by atoms with Crippen LogP contribution in [0.1, 0.15) is 0 Å². The van der Waals surface area contributed by atoms with Gasteiger partial charge in [-0.2, -0.15) is 0 Å². The largest absolute Gasteiger partial charge is 0.310 e. The smallest absolute Gasteiger partial charge is 0.0540 e. The van der Waals surface area contributed by atoms with Crippen molar-refractivity contribution in [2.75, 3.05) is 4.90 Å². The van der Waals surface area contributed by atoms with E-state index in [1.54, 1.807) is 0 Å². The minimum atomic E-state index is 1.11. The fourth-order valence-electron chi connectivity index (χ4n) is 8.16. The highest BCUT2D eigenvalue weighted by Crippen LogP contribution is 2.43. The summed E-state index contributed by atoms with van der Waals surface area (Å²) in [6.45, 7) is 0. The van der Waals surface area contributed by atoms with Crippen LogP contribution in [0.25, 0.3) is 76.8 Å². The van der Waals surface area contributed by atoms with Gasteiger partial charge in [0.1, 0.15) is 0 Å². The van der Waals surface area contributed by atoms with E-state index in [-0.39, 0.29) is 0 Å². The molecule has 0 spiro atoms. The highest BCUT2D eigenvalue weighted by atomic mass is 15.1. The fourth-order valence-corrected chi connectivity index (χ4v) is 8.16. The number of nitrogens with zero attached hydrogens (tertiary/aromatic N) is 1. The molecule has 0 atom stereocenters. The predicted octanol–water partition coefficient (Wildman–Crippen LogP) is 15.3. The lowest BCUT2D eigenvalue weighted by Gasteiger charge is -2.27. The molecular weight excluding hydrogens is 663 g/mol. The summed E-state index contributed by atoms with van der Waals surface area (Å²) in [7, 11) is 0. The molecule has 0 bridgehead atoms. The lowest BCUT2D eigenvalue weighted by molar-refractivity contribution is 1.30. The average molecular weight is 700 g/mol. The Bertz CT molecular complexity index is 2940. The summed E-state index contributed by atoms with van der Waals surface area (Å²) in [6.07, 6.45) is 0. The van der Waals surface area contributed by atoms with Crippen LogP contribution in [0, 0.1) is 0 Å². The Labute approximate surface area is 322 Å². The Morgan fingerprint density at radius 3 is 1.42 bits per heavy atom. The standard InChI is InChI=1S/C54H37N/c1-3-14-38(15-4-1)39-26-31-45(32-27-39)55(54-25-13-20-41-18-7-10-22-48(41)54)46-33-28-40(29-34-46)43-30-35-51(52(36-43)42-16-5-2-6-17-42)53-37-44-19-8-9-21-47(44)49-23-11-12-24-50(49)53/h1-37H. The maximum atomic E-state index is 2.38. The summed E-state index contributed by atoms with van der Waals surface area (Å²) < 4.78 is 0. The molecular formula is C54H37N. The van der Waals surface area contributed by atoms with Crippen molar-refractivity contribution in [3.63, 3.8) is 0 Å². The van der Waals surface area contributed by atoms with Gasteiger partial charge in [0.2, 0.25) is 0 Å². The third-order valence-electron chi connectivity index (χ3n) is 10.9. The third-order valence-corrected chi connectivity index (χ3v) is 10.9. The van der Waals surface area contributed by atoms with Crippen LogP contribution in [0.4, 0.5) is 17.1 Å². The van der Waals surface area contributed by atoms with Crippen molar-refractivity contribution in [2.45, 2.75) is 0 Å². The van der Waals surface area contributed by atoms with Gasteiger partial charge in [-0.3, -0.25) is 0 Å². The van der Waals surface area contributed by atoms with Crippen LogP contribution in [0.5, 0.6) is 0 Å². The van der Waals surface area contributed by atoms with E-state index in [9.17, 15) is 0 Å². The lowest BCUT2D eigenvalue weighted by Crippen LogP contribution is -2.10. The maximum absolute atomic E-state index is 2.38. The van der Waals surface area contributed by atoms with Gasteiger partial charge in [0.15, 0.2) is 0 Å². The summed E-state index contributed by atoms with van der Waals surface area (Å²) in [5.41, 5.74) is 13.0. The van der Waals surface area contributed by atoms with Crippen molar-refractivity contribution in [2.24, 2.45) is 0 Å². The van der Waals surface area contributed by atoms with E-state index in [0.717, 1.165) is 17.1 Å². The molecule has 0 amide bonds. The van der Waals surface area contributed by atoms with E-state index in [0.29, 0.717) is 0 Å². The molecule has 0 radical (unpaired) electrons. The highest BCUT2D eigenvalue weighted by Gasteiger charge is 2.18. The fraction of sp³-hybridized carbons (Fsp3) is 0. The number of fused-ring (bicyclic) bond motifs is 4. The predicted molar refractivity (Wildman–Crippen MR) is 235 cm³/mol. The zero-order valence-electron chi connectivity index (χ0n) is 30.3. The average Bonchev–Trinajstić information content (AvgIpc) is 3.27. The maximum Gasteiger partial charge on any atom is 0.0540 e. The van der Waals surface area contributed by atoms with Crippen molar-refractivity contribution < 1.29 is 0 Å². The highest BCUT2D eigenvalue weighted by molar-refractivity contribution is 6.15. The first-order chi connectivity index (χ1) is 27.3. The van der Waals surface area contributed by atoms with Gasteiger partial charge in [0, 0.05) is 16.8 Å². The second-order valence-electron chi connectivity index (χ2n) is 14.1. The Morgan fingerprint density at radius 1 is 0.236 bits per heavy atom. The molecule has 0 heterocycles. The first-order valence-corrected chi connectivity index (χ1v) is 18.9. The first kappa shape index (κ1) is 32.4. The topological polar surface area (TPSA) is 3.24 Å². The summed E-state index contributed by atoms with van der Waals surface area (Å²) in [5.74, 6) is 0. The molecule has 10 rings (SSSR count). The van der Waals surface area contributed by atoms with Gasteiger partial charge in [0.05, 0.1) is 5.69 Å². The Balaban J connectivity index is 1.09. The molecule has 10 aromatic carbocycles. The minimum Gasteiger partial charge on any atom is -0.310 e. The van der Waals surface area contributed by atoms with Crippen molar-refractivity contribution in [3.8, 4) is 44.5 Å². The summed E-state index contributed by atoms with van der Waals surface area (Å²) in [6, 6.07) is 81.4. The molecule has 10 aromatic rings. The number of anilines is 3. The van der Waals surface area contributed by atoms with Crippen LogP contribution in [-0.2, 0) is 0 Å². The van der Waals surface area contributed by atoms with Crippen LogP contribution in [-0.4, -0.2) is 0 Å². The number of benzene rings is 10. The summed E-state index contributed by atoms with van der Waals surface area (Å²) in [4.78, 5) is 2.38. The molecule has 55 heavy (non-hydrogen) atoms. The van der Waals surface area contributed by atoms with Gasteiger partial charge in [-0.1, -0.05) is 182 Å². The normalized spacial score (nSPS) is 11.3. The second kappa shape index (κ2) is 14.0. The van der Waals surface area contributed by atoms with Crippen molar-refractivity contribution >= 4 is 49.4 Å². The summed E-state index contributed by atoms with van der Waals surface area (Å²) in [5, 5.41) is 7.51. The molecule has 1 heteroatoms. The SMILES string of the molecule is c1ccc(-c2ccc(N(c3ccc(-c4ccc(-c5cc6ccccc6c6ccccc56)c(-c5ccccc5)c4)cc3)c3cccc4ccccc34)cc2)cc1. The minimum absolute atomic E-state index is 1.11. The van der Waals surface area contributed by atoms with Crippen molar-refractivity contribution in [1.29, 1.82) is 0 Å². The van der Waals surface area contributed by atoms with Crippen LogP contribution in [0.2, 0.25) is 0 Å². The number of rotatable bonds is 7. The van der Waals surface area contributed by atoms with Crippen molar-refractivity contribution in [3.05, 3.63) is 224 Å². The van der Waals surface area contributed by atoms with E-state index in [1.807, 2.05) is 0 Å². The Morgan fingerprint density at radius 2 is 0.727 bits per heavy atom. The van der Waals surface area contributed by atoms with Gasteiger partial charge in [-0.25, -0.2) is 0 Å². The Kier molecular flexibility index (Phi) is 8.24. The van der Waals surface area contributed by atoms with Crippen LogP contribution >= 0.6 is 0 Å². The molecule has 0 saturated heterocycles. The van der Waals surface area contributed by atoms with Gasteiger partial charge >= 0.3 is 0 Å². The number of hydrogen-bond donors (Lipinski definition) is 0. The lowest BCUT2D eigenvalue weighted by atomic mass is 9.87. The number of hydrogen-bond acceptors (Lipinski definition) is 1. The van der Waals surface area contributed by atoms with E-state index in [2.05, 4.69) is 229 Å². The van der Waals surface area contributed by atoms with Crippen LogP contribution in [0.15, 0.2) is 224 Å². The van der Waals surface area contributed by atoms with Gasteiger partial charge in [-0.15, -0.1) is 0 Å². The molecule has 0 aliphatic rings. The molecule has 0 aromatic heterocycles. The summed E-state index contributed by atoms with van der Waals surface area (Å²) >= 11 is 0. The van der Waals surface area contributed by atoms with Gasteiger partial charge in [0.25, 0.3) is 0 Å². The molecule has 0 unspecified atom stereocenters. The van der Waals surface area contributed by atoms with E-state index >= 15 is 0 Å². The molecule has 0 N–H and O–H groups in total. The molecule has 0 aliphatic heterocycles. The van der Waals surface area contributed by atoms with E-state index in [1.165, 1.54) is 76.8 Å². The monoisotopic (exact) mass is 699 g/mol. The van der Waals surface area contributed by atoms with Crippen LogP contribution in [0.3, 0.4) is 0 Å². The molecule has 0 saturated carbocycles. The van der Waals surface area contributed by atoms with E-state index < -0.39 is 0 Å². The Hall–Kier alpha value is -7.22. The van der Waals surface area contributed by atoms with Gasteiger partial charge in [-0.05, 0) is 114 Å². The van der Waals surface area contributed by atoms with Gasteiger partial charge < -0.3 is 4.90 Å². The second-order valence-corrected chi connectivity index (χ2v) is 14.1.